The van der Waals surface area contributed by atoms with Crippen LogP contribution in [0, 0.1) is 33.5 Å². The second kappa shape index (κ2) is 13.0. The Morgan fingerprint density at radius 2 is 1.58 bits per heavy atom. The number of methoxy groups -OCH3 is 1. The molecule has 1 heterocycles. The van der Waals surface area contributed by atoms with E-state index in [2.05, 4.69) is 29.9 Å². The number of alkyl halides is 3. The Labute approximate surface area is 323 Å². The number of fused-ring (bicyclic) bond motifs is 1. The number of hydrogen-bond acceptors (Lipinski definition) is 8. The smallest absolute Gasteiger partial charge is 0.497 e. The third-order valence-corrected chi connectivity index (χ3v) is 17.5. The van der Waals surface area contributed by atoms with Crippen molar-refractivity contribution >= 4 is 27.1 Å². The SMILES string of the molecule is COc1ccc(C(=O)C2=CC34C=CC25C(CCC2(C)C5CCC2(O)CN(Cc2ccc(OC(F)(F)F)cc2)S(=O)(=O)c2cccs2)C3(C)CCC(O)C4)cc1. The monoisotopic (exact) mass is 797 g/mol. The molecule has 6 aliphatic rings. The number of aliphatic hydroxyl groups is 2. The van der Waals surface area contributed by atoms with E-state index < -0.39 is 50.1 Å². The maximum absolute atomic E-state index is 14.9. The molecule has 2 N–H and O–H groups in total. The quantitative estimate of drug-likeness (QED) is 0.157. The number of Topliss-reactive ketones (excluding diaryl/α,β-unsaturated/α-hetero) is 1. The Kier molecular flexibility index (Phi) is 9.09. The largest absolute Gasteiger partial charge is 0.573 e. The minimum Gasteiger partial charge on any atom is -0.497 e. The Morgan fingerprint density at radius 1 is 0.927 bits per heavy atom. The Balaban J connectivity index is 1.19. The molecule has 8 atom stereocenters. The van der Waals surface area contributed by atoms with Gasteiger partial charge in [-0.15, -0.1) is 24.5 Å². The van der Waals surface area contributed by atoms with Crippen molar-refractivity contribution in [2.45, 2.75) is 87.6 Å². The standard InChI is InChI=1S/C42H46F3NO7S2/c1-37-17-14-29(47)23-39(37)20-21-41(32(24-39)36(48)28-8-12-30(52-3)13-9-28)33(37)15-18-38(2)34(41)16-19-40(38,49)26-46(55(50,51)35-5-4-22-54-35)25-27-6-10-31(11-7-27)53-42(43,44)45/h4-13,20-22,24,29,33-34,47,49H,14-19,23,25-26H2,1-3H3. The molecule has 3 fully saturated rings. The summed E-state index contributed by atoms with van der Waals surface area (Å²) < 4.78 is 78.1. The molecule has 3 saturated carbocycles. The highest BCUT2D eigenvalue weighted by molar-refractivity contribution is 7.91. The van der Waals surface area contributed by atoms with Gasteiger partial charge >= 0.3 is 6.36 Å². The zero-order chi connectivity index (χ0) is 39.2. The Hall–Kier alpha value is -3.49. The number of ether oxygens (including phenoxy) is 2. The summed E-state index contributed by atoms with van der Waals surface area (Å²) in [5.41, 5.74) is -2.22. The fourth-order valence-electron chi connectivity index (χ4n) is 11.6. The number of nitrogens with zero attached hydrogens (tertiary/aromatic N) is 1. The molecule has 2 aromatic carbocycles. The van der Waals surface area contributed by atoms with Crippen LogP contribution in [0.1, 0.15) is 74.7 Å². The molecular weight excluding hydrogens is 752 g/mol. The number of ketones is 1. The van der Waals surface area contributed by atoms with Crippen molar-refractivity contribution in [2.24, 2.45) is 33.5 Å². The van der Waals surface area contributed by atoms with E-state index in [0.717, 1.165) is 29.9 Å². The average molecular weight is 798 g/mol. The van der Waals surface area contributed by atoms with Crippen LogP contribution in [-0.4, -0.2) is 60.4 Å². The molecule has 8 unspecified atom stereocenters. The minimum absolute atomic E-state index is 0.0449. The van der Waals surface area contributed by atoms with E-state index in [1.807, 2.05) is 6.92 Å². The van der Waals surface area contributed by atoms with Crippen molar-refractivity contribution in [1.82, 2.24) is 4.31 Å². The van der Waals surface area contributed by atoms with Gasteiger partial charge in [-0.05, 0) is 116 Å². The third kappa shape index (κ3) is 5.85. The third-order valence-electron chi connectivity index (χ3n) is 14.4. The van der Waals surface area contributed by atoms with Gasteiger partial charge < -0.3 is 19.7 Å². The molecular formula is C42H46F3NO7S2. The molecule has 1 aromatic heterocycles. The van der Waals surface area contributed by atoms with Crippen molar-refractivity contribution in [3.63, 3.8) is 0 Å². The average Bonchev–Trinajstić information content (AvgIpc) is 3.79. The van der Waals surface area contributed by atoms with Crippen molar-refractivity contribution in [3.8, 4) is 11.5 Å². The number of carbonyl (C=O) groups excluding carboxylic acids is 1. The van der Waals surface area contributed by atoms with Crippen molar-refractivity contribution < 1.29 is 46.1 Å². The summed E-state index contributed by atoms with van der Waals surface area (Å²) in [5, 5.41) is 25.7. The zero-order valence-electron chi connectivity index (χ0n) is 31.0. The molecule has 55 heavy (non-hydrogen) atoms. The van der Waals surface area contributed by atoms with Crippen LogP contribution in [-0.2, 0) is 16.6 Å². The normalized spacial score (nSPS) is 35.1. The molecule has 0 saturated heterocycles. The van der Waals surface area contributed by atoms with E-state index in [1.54, 1.807) is 42.8 Å². The van der Waals surface area contributed by atoms with Crippen LogP contribution in [0.3, 0.4) is 0 Å². The van der Waals surface area contributed by atoms with Gasteiger partial charge in [0.25, 0.3) is 10.0 Å². The summed E-state index contributed by atoms with van der Waals surface area (Å²) in [4.78, 5) is 14.9. The second-order valence-corrected chi connectivity index (χ2v) is 19.9. The topological polar surface area (TPSA) is 113 Å². The fourth-order valence-corrected chi connectivity index (χ4v) is 14.2. The minimum atomic E-state index is -4.87. The van der Waals surface area contributed by atoms with Gasteiger partial charge in [0.1, 0.15) is 15.7 Å². The number of hydrogen-bond donors (Lipinski definition) is 2. The Bertz CT molecular complexity index is 2140. The lowest BCUT2D eigenvalue weighted by Crippen LogP contribution is -2.67. The van der Waals surface area contributed by atoms with Gasteiger partial charge in [-0.25, -0.2) is 8.42 Å². The number of halogens is 3. The molecule has 9 rings (SSSR count). The van der Waals surface area contributed by atoms with E-state index in [-0.39, 0.29) is 46.8 Å². The van der Waals surface area contributed by atoms with E-state index in [0.29, 0.717) is 54.6 Å². The van der Waals surface area contributed by atoms with E-state index >= 15 is 0 Å². The highest BCUT2D eigenvalue weighted by Gasteiger charge is 2.74. The van der Waals surface area contributed by atoms with Crippen molar-refractivity contribution in [2.75, 3.05) is 13.7 Å². The zero-order valence-corrected chi connectivity index (χ0v) is 32.6. The van der Waals surface area contributed by atoms with Gasteiger partial charge in [-0.3, -0.25) is 4.79 Å². The summed E-state index contributed by atoms with van der Waals surface area (Å²) in [6, 6.07) is 15.3. The predicted molar refractivity (Wildman–Crippen MR) is 201 cm³/mol. The summed E-state index contributed by atoms with van der Waals surface area (Å²) >= 11 is 1.06. The van der Waals surface area contributed by atoms with E-state index in [9.17, 15) is 36.6 Å². The van der Waals surface area contributed by atoms with Gasteiger partial charge in [0.05, 0.1) is 18.8 Å². The number of thiophene rings is 1. The highest BCUT2D eigenvalue weighted by Crippen LogP contribution is 2.78. The lowest BCUT2D eigenvalue weighted by atomic mass is 9.32. The molecule has 0 amide bonds. The van der Waals surface area contributed by atoms with Gasteiger partial charge in [0.15, 0.2) is 5.78 Å². The van der Waals surface area contributed by atoms with Crippen LogP contribution in [0.25, 0.3) is 0 Å². The lowest BCUT2D eigenvalue weighted by Gasteiger charge is -2.71. The van der Waals surface area contributed by atoms with Crippen LogP contribution < -0.4 is 9.47 Å². The van der Waals surface area contributed by atoms with Crippen LogP contribution in [0.2, 0.25) is 0 Å². The molecule has 2 bridgehead atoms. The maximum atomic E-state index is 14.9. The van der Waals surface area contributed by atoms with Gasteiger partial charge in [0.2, 0.25) is 0 Å². The molecule has 13 heteroatoms. The van der Waals surface area contributed by atoms with Crippen LogP contribution in [0.15, 0.2) is 94.1 Å². The lowest BCUT2D eigenvalue weighted by molar-refractivity contribution is -0.274. The van der Waals surface area contributed by atoms with Crippen molar-refractivity contribution in [3.05, 3.63) is 101 Å². The van der Waals surface area contributed by atoms with Gasteiger partial charge in [-0.2, -0.15) is 4.31 Å². The number of rotatable bonds is 10. The molecule has 0 radical (unpaired) electrons. The number of carbonyl (C=O) groups is 1. The number of benzene rings is 2. The molecule has 3 aromatic rings. The maximum Gasteiger partial charge on any atom is 0.573 e. The molecule has 6 aliphatic carbocycles. The first kappa shape index (κ1) is 38.4. The van der Waals surface area contributed by atoms with Gasteiger partial charge in [0, 0.05) is 40.5 Å². The predicted octanol–water partition coefficient (Wildman–Crippen LogP) is 8.32. The molecule has 8 nitrogen and oxygen atoms in total. The number of sulfonamides is 1. The van der Waals surface area contributed by atoms with E-state index in [1.165, 1.54) is 22.5 Å². The summed E-state index contributed by atoms with van der Waals surface area (Å²) in [5.74, 6) is -0.0649. The summed E-state index contributed by atoms with van der Waals surface area (Å²) in [6.45, 7) is 3.91. The summed E-state index contributed by atoms with van der Waals surface area (Å²) in [7, 11) is -2.58. The second-order valence-electron chi connectivity index (χ2n) is 16.8. The van der Waals surface area contributed by atoms with Crippen LogP contribution in [0.4, 0.5) is 13.2 Å². The first-order valence-corrected chi connectivity index (χ1v) is 21.1. The number of allylic oxidation sites excluding steroid dienone is 4. The Morgan fingerprint density at radius 3 is 2.24 bits per heavy atom. The molecule has 0 aliphatic heterocycles. The highest BCUT2D eigenvalue weighted by atomic mass is 32.2. The first-order chi connectivity index (χ1) is 25.9. The molecule has 294 valence electrons. The van der Waals surface area contributed by atoms with Gasteiger partial charge in [-0.1, -0.05) is 50.3 Å². The van der Waals surface area contributed by atoms with Crippen molar-refractivity contribution in [1.29, 1.82) is 0 Å². The van der Waals surface area contributed by atoms with Crippen LogP contribution >= 0.6 is 11.3 Å². The number of aliphatic hydroxyl groups excluding tert-OH is 1. The first-order valence-electron chi connectivity index (χ1n) is 18.8. The summed E-state index contributed by atoms with van der Waals surface area (Å²) in [6.07, 6.45) is 5.32. The van der Waals surface area contributed by atoms with Crippen LogP contribution in [0.5, 0.6) is 11.5 Å². The fraction of sp³-hybridized carbons (Fsp3) is 0.500. The van der Waals surface area contributed by atoms with E-state index in [4.69, 9.17) is 4.74 Å². The molecule has 2 spiro atoms.